The zero-order valence-corrected chi connectivity index (χ0v) is 20.2. The molecule has 2 amide bonds. The van der Waals surface area contributed by atoms with Gasteiger partial charge in [0.05, 0.1) is 19.3 Å². The number of oxazole rings is 1. The summed E-state index contributed by atoms with van der Waals surface area (Å²) in [5, 5.41) is 5.96. The van der Waals surface area contributed by atoms with Crippen LogP contribution in [0.25, 0.3) is 0 Å². The maximum Gasteiger partial charge on any atom is 0.297 e. The molecule has 10 heteroatoms. The number of carbonyl (C=O) groups excluding carboxylic acids is 2. The fraction of sp³-hybridized carbons (Fsp3) is 0.346. The molecule has 3 aromatic rings. The Kier molecular flexibility index (Phi) is 6.66. The molecular weight excluding hydrogens is 464 g/mol. The van der Waals surface area contributed by atoms with Crippen LogP contribution in [-0.2, 0) is 11.3 Å². The van der Waals surface area contributed by atoms with E-state index in [0.717, 1.165) is 11.1 Å². The van der Waals surface area contributed by atoms with Crippen LogP contribution in [0.4, 0.5) is 6.01 Å². The van der Waals surface area contributed by atoms with Crippen molar-refractivity contribution in [2.75, 3.05) is 31.7 Å². The van der Waals surface area contributed by atoms with E-state index in [-0.39, 0.29) is 37.1 Å². The zero-order valence-electron chi connectivity index (χ0n) is 20.2. The molecule has 0 spiro atoms. The molecule has 188 valence electrons. The Morgan fingerprint density at radius 1 is 1.17 bits per heavy atom. The number of ether oxygens (including phenoxy) is 3. The summed E-state index contributed by atoms with van der Waals surface area (Å²) in [5.74, 6) is 1.13. The van der Waals surface area contributed by atoms with Crippen LogP contribution in [0.15, 0.2) is 53.3 Å². The lowest BCUT2D eigenvalue weighted by Gasteiger charge is -2.38. The first-order valence-corrected chi connectivity index (χ1v) is 11.8. The van der Waals surface area contributed by atoms with Gasteiger partial charge in [-0.05, 0) is 36.8 Å². The van der Waals surface area contributed by atoms with Gasteiger partial charge in [0.25, 0.3) is 17.8 Å². The minimum absolute atomic E-state index is 0.175. The molecule has 1 fully saturated rings. The second kappa shape index (κ2) is 10.2. The largest absolute Gasteiger partial charge is 0.496 e. The smallest absolute Gasteiger partial charge is 0.297 e. The van der Waals surface area contributed by atoms with Gasteiger partial charge in [-0.1, -0.05) is 6.07 Å². The Morgan fingerprint density at radius 2 is 2.06 bits per heavy atom. The van der Waals surface area contributed by atoms with Crippen molar-refractivity contribution in [1.82, 2.24) is 15.6 Å². The van der Waals surface area contributed by atoms with E-state index in [0.29, 0.717) is 48.3 Å². The highest BCUT2D eigenvalue weighted by molar-refractivity contribution is 5.95. The number of aromatic nitrogens is 1. The van der Waals surface area contributed by atoms with Gasteiger partial charge in [-0.15, -0.1) is 0 Å². The van der Waals surface area contributed by atoms with E-state index in [4.69, 9.17) is 18.6 Å². The van der Waals surface area contributed by atoms with Crippen LogP contribution < -0.4 is 29.7 Å². The Balaban J connectivity index is 1.48. The molecular formula is C26H28N4O6. The van der Waals surface area contributed by atoms with Gasteiger partial charge in [0, 0.05) is 43.2 Å². The summed E-state index contributed by atoms with van der Waals surface area (Å²) in [5.41, 5.74) is 2.06. The van der Waals surface area contributed by atoms with Gasteiger partial charge in [0.15, 0.2) is 6.61 Å². The fourth-order valence-corrected chi connectivity index (χ4v) is 4.41. The first-order valence-electron chi connectivity index (χ1n) is 11.8. The molecule has 2 N–H and O–H groups in total. The average Bonchev–Trinajstić information content (AvgIpc) is 3.43. The summed E-state index contributed by atoms with van der Waals surface area (Å²) in [7, 11) is 1.57. The minimum Gasteiger partial charge on any atom is -0.496 e. The number of amides is 2. The summed E-state index contributed by atoms with van der Waals surface area (Å²) >= 11 is 0. The number of benzene rings is 2. The lowest BCUT2D eigenvalue weighted by atomic mass is 10.0. The van der Waals surface area contributed by atoms with Gasteiger partial charge in [0.2, 0.25) is 0 Å². The van der Waals surface area contributed by atoms with Gasteiger partial charge < -0.3 is 34.2 Å². The molecule has 6 rings (SSSR count). The summed E-state index contributed by atoms with van der Waals surface area (Å²) < 4.78 is 23.1. The highest BCUT2D eigenvalue weighted by Crippen LogP contribution is 2.29. The minimum atomic E-state index is -0.353. The van der Waals surface area contributed by atoms with Crippen molar-refractivity contribution in [2.24, 2.45) is 0 Å². The molecule has 2 atom stereocenters. The van der Waals surface area contributed by atoms with Crippen LogP contribution in [0, 0.1) is 6.92 Å². The van der Waals surface area contributed by atoms with E-state index in [1.165, 1.54) is 6.26 Å². The van der Waals surface area contributed by atoms with Crippen molar-refractivity contribution in [3.05, 3.63) is 65.5 Å². The van der Waals surface area contributed by atoms with Crippen LogP contribution in [0.5, 0.6) is 17.2 Å². The number of hydrogen-bond acceptors (Lipinski definition) is 8. The van der Waals surface area contributed by atoms with E-state index in [9.17, 15) is 9.59 Å². The Bertz CT molecular complexity index is 1250. The number of rotatable bonds is 2. The molecule has 10 nitrogen and oxygen atoms in total. The van der Waals surface area contributed by atoms with Crippen LogP contribution in [-0.4, -0.2) is 55.8 Å². The number of fused-ring (bicyclic) bond motifs is 7. The van der Waals surface area contributed by atoms with E-state index >= 15 is 0 Å². The van der Waals surface area contributed by atoms with Crippen molar-refractivity contribution in [3.8, 4) is 17.2 Å². The lowest BCUT2D eigenvalue weighted by Crippen LogP contribution is -2.57. The molecule has 3 aliphatic rings. The van der Waals surface area contributed by atoms with Crippen molar-refractivity contribution >= 4 is 17.8 Å². The molecule has 4 heterocycles. The number of nitrogens with one attached hydrogen (secondary N) is 2. The zero-order chi connectivity index (χ0) is 25.1. The number of anilines is 1. The predicted octanol–water partition coefficient (Wildman–Crippen LogP) is 2.46. The Hall–Kier alpha value is -4.21. The quantitative estimate of drug-likeness (QED) is 0.561. The molecule has 0 radical (unpaired) electrons. The number of methoxy groups -OCH3 is 1. The SMILES string of the molecule is COc1cc2ccc1CNC(=O)COc1cc(ccc1C)C(=O)N[C@H]1CN(c3ncco3)CC[C@H]1O2. The maximum absolute atomic E-state index is 13.3. The third-order valence-corrected chi connectivity index (χ3v) is 6.39. The van der Waals surface area contributed by atoms with Crippen LogP contribution >= 0.6 is 0 Å². The topological polar surface area (TPSA) is 115 Å². The third-order valence-electron chi connectivity index (χ3n) is 6.39. The summed E-state index contributed by atoms with van der Waals surface area (Å²) in [6.45, 7) is 3.08. The number of carbonyl (C=O) groups is 2. The van der Waals surface area contributed by atoms with Crippen molar-refractivity contribution in [1.29, 1.82) is 0 Å². The molecule has 1 aromatic heterocycles. The van der Waals surface area contributed by atoms with E-state index in [2.05, 4.69) is 15.6 Å². The standard InChI is InChI=1S/C26H28N4O6/c1-16-3-4-17-11-22(16)35-15-24(31)28-13-18-5-6-19(12-23(18)33-2)36-21-7-9-30(26-27-8-10-34-26)14-20(21)29-25(17)32/h3-6,8,10-12,20-21H,7,9,13-15H2,1-2H3,(H,28,31)(H,29,32)/t20-,21+/m0/s1. The Labute approximate surface area is 208 Å². The van der Waals surface area contributed by atoms with Crippen LogP contribution in [0.2, 0.25) is 0 Å². The van der Waals surface area contributed by atoms with Gasteiger partial charge in [-0.2, -0.15) is 0 Å². The maximum atomic E-state index is 13.3. The average molecular weight is 493 g/mol. The van der Waals surface area contributed by atoms with Gasteiger partial charge in [-0.25, -0.2) is 4.98 Å². The normalized spacial score (nSPS) is 20.3. The number of piperidine rings is 1. The number of nitrogens with zero attached hydrogens (tertiary/aromatic N) is 2. The highest BCUT2D eigenvalue weighted by Gasteiger charge is 2.34. The summed E-state index contributed by atoms with van der Waals surface area (Å²) in [4.78, 5) is 31.9. The molecule has 0 saturated carbocycles. The molecule has 0 aliphatic carbocycles. The van der Waals surface area contributed by atoms with Crippen molar-refractivity contribution < 1.29 is 28.2 Å². The van der Waals surface area contributed by atoms with Gasteiger partial charge >= 0.3 is 0 Å². The number of hydrogen-bond donors (Lipinski definition) is 2. The van der Waals surface area contributed by atoms with Crippen LogP contribution in [0.1, 0.15) is 27.9 Å². The molecule has 0 unspecified atom stereocenters. The fourth-order valence-electron chi connectivity index (χ4n) is 4.41. The monoisotopic (exact) mass is 492 g/mol. The molecule has 4 bridgehead atoms. The second-order valence-electron chi connectivity index (χ2n) is 8.80. The molecule has 36 heavy (non-hydrogen) atoms. The van der Waals surface area contributed by atoms with E-state index < -0.39 is 0 Å². The first-order chi connectivity index (χ1) is 17.5. The van der Waals surface area contributed by atoms with Crippen molar-refractivity contribution in [3.63, 3.8) is 0 Å². The predicted molar refractivity (Wildman–Crippen MR) is 131 cm³/mol. The summed E-state index contributed by atoms with van der Waals surface area (Å²) in [6.07, 6.45) is 3.46. The van der Waals surface area contributed by atoms with Crippen LogP contribution in [0.3, 0.4) is 0 Å². The Morgan fingerprint density at radius 3 is 2.86 bits per heavy atom. The second-order valence-corrected chi connectivity index (χ2v) is 8.80. The van der Waals surface area contributed by atoms with E-state index in [1.54, 1.807) is 37.6 Å². The first kappa shape index (κ1) is 23.5. The lowest BCUT2D eigenvalue weighted by molar-refractivity contribution is -0.123. The molecule has 2 aromatic carbocycles. The molecule has 3 aliphatic heterocycles. The highest BCUT2D eigenvalue weighted by atomic mass is 16.5. The van der Waals surface area contributed by atoms with E-state index in [1.807, 2.05) is 24.0 Å². The third kappa shape index (κ3) is 5.07. The van der Waals surface area contributed by atoms with Gasteiger partial charge in [0.1, 0.15) is 29.6 Å². The van der Waals surface area contributed by atoms with Gasteiger partial charge in [-0.3, -0.25) is 9.59 Å². The summed E-state index contributed by atoms with van der Waals surface area (Å²) in [6, 6.07) is 10.8. The molecule has 1 saturated heterocycles. The number of aryl methyl sites for hydroxylation is 1. The van der Waals surface area contributed by atoms with Crippen molar-refractivity contribution in [2.45, 2.75) is 32.0 Å².